The number of nitriles is 3. The fourth-order valence-corrected chi connectivity index (χ4v) is 4.18. The van der Waals surface area contributed by atoms with Crippen LogP contribution in [0.3, 0.4) is 0 Å². The molecular weight excluding hydrogens is 330 g/mol. The van der Waals surface area contributed by atoms with Crippen LogP contribution < -0.4 is 0 Å². The third-order valence-corrected chi connectivity index (χ3v) is 5.42. The lowest BCUT2D eigenvalue weighted by Crippen LogP contribution is -2.53. The van der Waals surface area contributed by atoms with Crippen LogP contribution in [0.1, 0.15) is 24.8 Å². The predicted octanol–water partition coefficient (Wildman–Crippen LogP) is 3.40. The monoisotopic (exact) mass is 345 g/mol. The summed E-state index contributed by atoms with van der Waals surface area (Å²) in [6.07, 6.45) is 4.27. The third-order valence-electron chi connectivity index (χ3n) is 5.42. The van der Waals surface area contributed by atoms with Gasteiger partial charge in [0.05, 0.1) is 34.8 Å². The first-order chi connectivity index (χ1) is 12.5. The van der Waals surface area contributed by atoms with Crippen LogP contribution in [-0.4, -0.2) is 10.6 Å². The maximum Gasteiger partial charge on any atom is 0.269 e. The van der Waals surface area contributed by atoms with Crippen molar-refractivity contribution < 1.29 is 4.92 Å². The second-order valence-electron chi connectivity index (χ2n) is 6.55. The normalized spacial score (nSPS) is 30.1. The lowest BCUT2D eigenvalue weighted by Gasteiger charge is -2.46. The van der Waals surface area contributed by atoms with Gasteiger partial charge in [-0.25, -0.2) is 0 Å². The summed E-state index contributed by atoms with van der Waals surface area (Å²) in [5.41, 5.74) is -0.709. The maximum absolute atomic E-state index is 10.9. The molecule has 0 amide bonds. The van der Waals surface area contributed by atoms with E-state index in [1.165, 1.54) is 24.3 Å². The van der Waals surface area contributed by atoms with Crippen molar-refractivity contribution in [3.05, 3.63) is 51.6 Å². The van der Waals surface area contributed by atoms with Gasteiger partial charge in [0, 0.05) is 12.1 Å². The summed E-state index contributed by atoms with van der Waals surface area (Å²) >= 11 is 0. The molecule has 7 nitrogen and oxygen atoms in total. The summed E-state index contributed by atoms with van der Waals surface area (Å²) in [6.45, 7) is 0. The second-order valence-corrected chi connectivity index (χ2v) is 6.55. The fraction of sp³-hybridized carbons (Fsp3) is 0.368. The van der Waals surface area contributed by atoms with Crippen LogP contribution in [0.25, 0.3) is 0 Å². The molecule has 0 heterocycles. The molecule has 4 atom stereocenters. The van der Waals surface area contributed by atoms with E-state index in [2.05, 4.69) is 18.2 Å². The number of nitrogens with one attached hydrogen (secondary N) is 1. The van der Waals surface area contributed by atoms with Crippen LogP contribution in [0, 0.1) is 67.3 Å². The Morgan fingerprint density at radius 2 is 1.88 bits per heavy atom. The SMILES string of the molecule is N#C[C@@H]1C(=N)[C@](C#N)(c2ccc([N+](=O)[O-])cc2)[C@@H](C#N)[C@@H]2CCCC=C12. The molecule has 1 saturated carbocycles. The Kier molecular flexibility index (Phi) is 4.28. The molecule has 26 heavy (non-hydrogen) atoms. The van der Waals surface area contributed by atoms with Crippen molar-refractivity contribution in [2.45, 2.75) is 24.7 Å². The summed E-state index contributed by atoms with van der Waals surface area (Å²) in [4.78, 5) is 10.4. The van der Waals surface area contributed by atoms with Crippen LogP contribution in [0.4, 0.5) is 5.69 Å². The van der Waals surface area contributed by atoms with Gasteiger partial charge in [0.15, 0.2) is 0 Å². The number of allylic oxidation sites excluding steroid dienone is 2. The van der Waals surface area contributed by atoms with Crippen molar-refractivity contribution in [3.63, 3.8) is 0 Å². The molecule has 1 aromatic carbocycles. The number of benzene rings is 1. The minimum Gasteiger partial charge on any atom is -0.306 e. The highest BCUT2D eigenvalue weighted by atomic mass is 16.6. The summed E-state index contributed by atoms with van der Waals surface area (Å²) in [5, 5.41) is 49.1. The van der Waals surface area contributed by atoms with E-state index in [1.807, 2.05) is 6.08 Å². The average molecular weight is 345 g/mol. The van der Waals surface area contributed by atoms with Crippen LogP contribution in [0.15, 0.2) is 35.9 Å². The van der Waals surface area contributed by atoms with Gasteiger partial charge in [-0.2, -0.15) is 15.8 Å². The number of rotatable bonds is 2. The number of nitrogens with zero attached hydrogens (tertiary/aromatic N) is 4. The topological polar surface area (TPSA) is 138 Å². The predicted molar refractivity (Wildman–Crippen MR) is 91.7 cm³/mol. The summed E-state index contributed by atoms with van der Waals surface area (Å²) in [7, 11) is 0. The molecule has 1 fully saturated rings. The van der Waals surface area contributed by atoms with E-state index in [-0.39, 0.29) is 17.3 Å². The highest BCUT2D eigenvalue weighted by Crippen LogP contribution is 2.51. The molecule has 0 unspecified atom stereocenters. The number of nitro groups is 1. The molecular formula is C19H15N5O2. The summed E-state index contributed by atoms with van der Waals surface area (Å²) in [6, 6.07) is 11.8. The van der Waals surface area contributed by atoms with E-state index >= 15 is 0 Å². The van der Waals surface area contributed by atoms with E-state index in [4.69, 9.17) is 5.41 Å². The number of fused-ring (bicyclic) bond motifs is 1. The Labute approximate surface area is 150 Å². The van der Waals surface area contributed by atoms with Crippen LogP contribution in [-0.2, 0) is 5.41 Å². The Balaban J connectivity index is 2.22. The molecule has 2 aliphatic rings. The molecule has 0 aliphatic heterocycles. The minimum absolute atomic E-state index is 0.118. The van der Waals surface area contributed by atoms with Gasteiger partial charge >= 0.3 is 0 Å². The minimum atomic E-state index is -1.58. The van der Waals surface area contributed by atoms with Crippen molar-refractivity contribution in [1.82, 2.24) is 0 Å². The number of non-ortho nitro benzene ring substituents is 1. The van der Waals surface area contributed by atoms with Crippen LogP contribution in [0.5, 0.6) is 0 Å². The van der Waals surface area contributed by atoms with E-state index in [0.717, 1.165) is 18.4 Å². The Morgan fingerprint density at radius 3 is 2.42 bits per heavy atom. The standard InChI is InChI=1S/C19H15N5O2/c20-9-16-14-3-1-2-4-15(14)17(10-21)19(11-22,18(16)23)12-5-7-13(8-6-12)24(25)26/h3,5-8,15-17,23H,1-2,4H2/t15-,16+,17+,19-/m1/s1. The average Bonchev–Trinajstić information content (AvgIpc) is 2.67. The highest BCUT2D eigenvalue weighted by molar-refractivity contribution is 6.02. The fourth-order valence-electron chi connectivity index (χ4n) is 4.18. The lowest BCUT2D eigenvalue weighted by molar-refractivity contribution is -0.384. The first kappa shape index (κ1) is 17.3. The van der Waals surface area contributed by atoms with E-state index in [0.29, 0.717) is 12.0 Å². The zero-order valence-corrected chi connectivity index (χ0v) is 13.8. The van der Waals surface area contributed by atoms with Gasteiger partial charge in [0.25, 0.3) is 5.69 Å². The summed E-state index contributed by atoms with van der Waals surface area (Å²) in [5.74, 6) is -1.92. The van der Waals surface area contributed by atoms with Gasteiger partial charge in [-0.05, 0) is 36.3 Å². The van der Waals surface area contributed by atoms with Gasteiger partial charge in [0.1, 0.15) is 11.3 Å². The smallest absolute Gasteiger partial charge is 0.269 e. The largest absolute Gasteiger partial charge is 0.306 e. The first-order valence-corrected chi connectivity index (χ1v) is 8.25. The van der Waals surface area contributed by atoms with E-state index in [9.17, 15) is 25.9 Å². The molecule has 0 bridgehead atoms. The van der Waals surface area contributed by atoms with Crippen LogP contribution in [0.2, 0.25) is 0 Å². The van der Waals surface area contributed by atoms with Gasteiger partial charge in [-0.15, -0.1) is 0 Å². The molecule has 2 aliphatic carbocycles. The van der Waals surface area contributed by atoms with Crippen molar-refractivity contribution in [2.75, 3.05) is 0 Å². The van der Waals surface area contributed by atoms with Gasteiger partial charge in [-0.3, -0.25) is 10.1 Å². The molecule has 0 spiro atoms. The van der Waals surface area contributed by atoms with E-state index in [1.54, 1.807) is 0 Å². The molecule has 1 N–H and O–H groups in total. The number of hydrogen-bond donors (Lipinski definition) is 1. The molecule has 3 rings (SSSR count). The number of hydrogen-bond acceptors (Lipinski definition) is 6. The third kappa shape index (κ3) is 2.28. The molecule has 7 heteroatoms. The zero-order chi connectivity index (χ0) is 18.9. The summed E-state index contributed by atoms with van der Waals surface area (Å²) < 4.78 is 0. The van der Waals surface area contributed by atoms with Crippen molar-refractivity contribution in [3.8, 4) is 18.2 Å². The van der Waals surface area contributed by atoms with Crippen molar-refractivity contribution in [1.29, 1.82) is 21.2 Å². The first-order valence-electron chi connectivity index (χ1n) is 8.25. The molecule has 128 valence electrons. The van der Waals surface area contributed by atoms with Crippen molar-refractivity contribution in [2.24, 2.45) is 17.8 Å². The van der Waals surface area contributed by atoms with Crippen LogP contribution >= 0.6 is 0 Å². The molecule has 1 aromatic rings. The Bertz CT molecular complexity index is 929. The molecule has 0 aromatic heterocycles. The zero-order valence-electron chi connectivity index (χ0n) is 13.8. The number of nitro benzene ring substituents is 1. The highest BCUT2D eigenvalue weighted by Gasteiger charge is 2.57. The van der Waals surface area contributed by atoms with Crippen molar-refractivity contribution >= 4 is 11.4 Å². The van der Waals surface area contributed by atoms with E-state index < -0.39 is 22.2 Å². The van der Waals surface area contributed by atoms with Gasteiger partial charge in [0.2, 0.25) is 0 Å². The Morgan fingerprint density at radius 1 is 1.19 bits per heavy atom. The Hall–Kier alpha value is -3.50. The maximum atomic E-state index is 10.9. The second kappa shape index (κ2) is 6.43. The molecule has 0 radical (unpaired) electrons. The molecule has 0 saturated heterocycles. The quantitative estimate of drug-likeness (QED) is 0.497. The van der Waals surface area contributed by atoms with Gasteiger partial charge < -0.3 is 5.41 Å². The van der Waals surface area contributed by atoms with Gasteiger partial charge in [-0.1, -0.05) is 18.2 Å². The lowest BCUT2D eigenvalue weighted by atomic mass is 9.52.